The van der Waals surface area contributed by atoms with E-state index in [-0.39, 0.29) is 37.8 Å². The minimum absolute atomic E-state index is 0.0200. The Balaban J connectivity index is 1.18. The number of hydrogen-bond donors (Lipinski definition) is 3. The molecule has 3 heterocycles. The maximum atomic E-state index is 15.1. The van der Waals surface area contributed by atoms with E-state index in [4.69, 9.17) is 23.9 Å². The van der Waals surface area contributed by atoms with Gasteiger partial charge in [0.25, 0.3) is 5.91 Å². The number of benzene rings is 2. The molecule has 1 unspecified atom stereocenters. The Labute approximate surface area is 362 Å². The molecule has 332 valence electrons. The third-order valence-corrected chi connectivity index (χ3v) is 14.9. The van der Waals surface area contributed by atoms with Gasteiger partial charge in [0.15, 0.2) is 0 Å². The molecule has 0 spiro atoms. The fraction of sp³-hybridized carbons (Fsp3) is 0.543. The average molecular weight is 872 g/mol. The van der Waals surface area contributed by atoms with Crippen LogP contribution in [0.5, 0.6) is 23.1 Å². The molecule has 3 aliphatic carbocycles. The molecule has 62 heavy (non-hydrogen) atoms. The second-order valence-corrected chi connectivity index (χ2v) is 20.3. The number of cyclic esters (lactones) is 1. The lowest BCUT2D eigenvalue weighted by molar-refractivity contribution is -0.142. The molecule has 3 N–H and O–H groups in total. The van der Waals surface area contributed by atoms with Crippen LogP contribution >= 0.6 is 0 Å². The zero-order chi connectivity index (χ0) is 43.8. The topological polar surface area (TPSA) is 192 Å². The first-order valence-electron chi connectivity index (χ1n) is 21.8. The first-order chi connectivity index (χ1) is 29.7. The molecule has 3 saturated carbocycles. The Kier molecular flexibility index (Phi) is 12.2. The third-order valence-electron chi connectivity index (χ3n) is 13.1. The van der Waals surface area contributed by atoms with Crippen molar-refractivity contribution in [2.75, 3.05) is 20.3 Å². The van der Waals surface area contributed by atoms with Gasteiger partial charge in [-0.05, 0) is 86.5 Å². The number of aromatic nitrogens is 1. The molecule has 4 bridgehead atoms. The Bertz CT molecular complexity index is 2330. The van der Waals surface area contributed by atoms with E-state index in [1.165, 1.54) is 11.0 Å². The van der Waals surface area contributed by atoms with Crippen molar-refractivity contribution < 1.29 is 46.5 Å². The summed E-state index contributed by atoms with van der Waals surface area (Å²) in [6.45, 7) is 7.97. The van der Waals surface area contributed by atoms with Crippen LogP contribution in [-0.2, 0) is 35.6 Å². The number of hydrogen-bond acceptors (Lipinski definition) is 11. The molecule has 2 aromatic carbocycles. The van der Waals surface area contributed by atoms with Gasteiger partial charge in [0.2, 0.25) is 27.7 Å². The van der Waals surface area contributed by atoms with E-state index in [9.17, 15) is 22.8 Å². The highest BCUT2D eigenvalue weighted by molar-refractivity contribution is 7.91. The van der Waals surface area contributed by atoms with Gasteiger partial charge in [0.1, 0.15) is 41.0 Å². The maximum absolute atomic E-state index is 15.1. The molecule has 4 amide bonds. The lowest BCUT2D eigenvalue weighted by Crippen LogP contribution is -2.59. The Morgan fingerprint density at radius 1 is 1.03 bits per heavy atom. The smallest absolute Gasteiger partial charge is 0.407 e. The highest BCUT2D eigenvalue weighted by Crippen LogP contribution is 2.46. The standard InChI is InChI=1S/C46H57N5O10S/c1-5-30-25-46(30,43(54)50-62(56,57)33-18-19-33)49-41(52)36-22-32-26-51(36)42(53)40(28-13-8-6-9-14-28)48-44(55)59-27-45(2,3)20-12-15-29-21-34-35(23-37(29)58-4)47-39(24-38(34)60-32)61-31-16-10-7-11-17-31/h5,7,10-11,16-17,21,23-24,28,30,32-33,36,40H,1,6,8-9,12-15,18-20,22,25-27H2,2-4H3,(H,48,55)(H,49,52)(H,50,54)/t30-,32-,36+,40+,46?/m1/s1. The van der Waals surface area contributed by atoms with Crippen LogP contribution in [0.2, 0.25) is 0 Å². The quantitative estimate of drug-likeness (QED) is 0.200. The number of para-hydroxylation sites is 1. The monoisotopic (exact) mass is 871 g/mol. The van der Waals surface area contributed by atoms with Crippen molar-refractivity contribution >= 4 is 44.7 Å². The molecule has 8 rings (SSSR count). The minimum Gasteiger partial charge on any atom is -0.496 e. The molecule has 0 radical (unpaired) electrons. The van der Waals surface area contributed by atoms with Gasteiger partial charge in [0.05, 0.1) is 31.0 Å². The number of alkyl carbamates (subject to hydrolysis) is 1. The number of amides is 4. The van der Waals surface area contributed by atoms with Gasteiger partial charge in [-0.2, -0.15) is 0 Å². The SMILES string of the molecule is C=C[C@@H]1CC1(NC(=O)[C@@H]1C[C@@H]2CN1C(=O)[C@H](C1CCCCC1)NC(=O)OCC(C)(C)CCCc1cc3c(cc(Oc4ccccc4)nc3cc1OC)O2)C(=O)NS(=O)(=O)C1CC1. The minimum atomic E-state index is -3.93. The van der Waals surface area contributed by atoms with Gasteiger partial charge >= 0.3 is 6.09 Å². The summed E-state index contributed by atoms with van der Waals surface area (Å²) in [6, 6.07) is 12.6. The van der Waals surface area contributed by atoms with E-state index >= 15 is 4.79 Å². The van der Waals surface area contributed by atoms with Crippen molar-refractivity contribution in [2.24, 2.45) is 17.3 Å². The number of pyridine rings is 1. The average Bonchev–Trinajstić information content (AvgIpc) is 4.19. The van der Waals surface area contributed by atoms with E-state index < -0.39 is 74.1 Å². The molecule has 5 aliphatic rings. The number of fused-ring (bicyclic) bond motifs is 3. The van der Waals surface area contributed by atoms with Crippen molar-refractivity contribution in [1.29, 1.82) is 0 Å². The van der Waals surface area contributed by atoms with Crippen LogP contribution in [0.1, 0.15) is 90.0 Å². The first-order valence-corrected chi connectivity index (χ1v) is 23.4. The summed E-state index contributed by atoms with van der Waals surface area (Å²) >= 11 is 0. The summed E-state index contributed by atoms with van der Waals surface area (Å²) in [5.41, 5.74) is -0.494. The van der Waals surface area contributed by atoms with Crippen LogP contribution in [0.4, 0.5) is 4.79 Å². The van der Waals surface area contributed by atoms with Gasteiger partial charge in [-0.15, -0.1) is 6.58 Å². The van der Waals surface area contributed by atoms with Crippen molar-refractivity contribution in [3.05, 3.63) is 66.7 Å². The number of carbonyl (C=O) groups is 4. The van der Waals surface area contributed by atoms with Crippen molar-refractivity contribution in [1.82, 2.24) is 25.2 Å². The van der Waals surface area contributed by atoms with E-state index in [1.54, 1.807) is 13.2 Å². The number of carbonyl (C=O) groups excluding carboxylic acids is 4. The summed E-state index contributed by atoms with van der Waals surface area (Å²) in [5, 5.41) is 5.81. The molecule has 16 heteroatoms. The second-order valence-electron chi connectivity index (χ2n) is 18.3. The summed E-state index contributed by atoms with van der Waals surface area (Å²) in [4.78, 5) is 63.3. The maximum Gasteiger partial charge on any atom is 0.407 e. The van der Waals surface area contributed by atoms with E-state index in [0.717, 1.165) is 37.7 Å². The first kappa shape index (κ1) is 43.3. The lowest BCUT2D eigenvalue weighted by Gasteiger charge is -2.35. The summed E-state index contributed by atoms with van der Waals surface area (Å²) in [6.07, 6.45) is 7.44. The van der Waals surface area contributed by atoms with Gasteiger partial charge in [-0.3, -0.25) is 19.1 Å². The fourth-order valence-corrected chi connectivity index (χ4v) is 10.6. The van der Waals surface area contributed by atoms with Crippen LogP contribution in [0, 0.1) is 17.3 Å². The number of sulfonamides is 1. The number of nitrogens with one attached hydrogen (secondary N) is 3. The van der Waals surface area contributed by atoms with Crippen LogP contribution in [-0.4, -0.2) is 91.4 Å². The Hall–Kier alpha value is -5.38. The molecular weight excluding hydrogens is 815 g/mol. The normalized spacial score (nSPS) is 26.9. The molecule has 3 aromatic rings. The van der Waals surface area contributed by atoms with Crippen LogP contribution in [0.3, 0.4) is 0 Å². The van der Waals surface area contributed by atoms with Crippen molar-refractivity contribution in [3.8, 4) is 23.1 Å². The number of ether oxygens (including phenoxy) is 4. The van der Waals surface area contributed by atoms with Gasteiger partial charge in [-0.1, -0.05) is 57.4 Å². The molecule has 5 atom stereocenters. The number of methoxy groups -OCH3 is 1. The molecule has 2 aliphatic heterocycles. The molecule has 1 saturated heterocycles. The highest BCUT2D eigenvalue weighted by Gasteiger charge is 2.62. The van der Waals surface area contributed by atoms with Gasteiger partial charge < -0.3 is 34.5 Å². The summed E-state index contributed by atoms with van der Waals surface area (Å²) in [5.74, 6) is -0.810. The summed E-state index contributed by atoms with van der Waals surface area (Å²) in [7, 11) is -2.32. The van der Waals surface area contributed by atoms with E-state index in [1.807, 2.05) is 56.3 Å². The number of nitrogens with zero attached hydrogens (tertiary/aromatic N) is 2. The Morgan fingerprint density at radius 3 is 2.48 bits per heavy atom. The van der Waals surface area contributed by atoms with E-state index in [0.29, 0.717) is 60.3 Å². The van der Waals surface area contributed by atoms with Gasteiger partial charge in [-0.25, -0.2) is 18.2 Å². The molecule has 4 fully saturated rings. The van der Waals surface area contributed by atoms with E-state index in [2.05, 4.69) is 21.9 Å². The largest absolute Gasteiger partial charge is 0.496 e. The molecule has 1 aromatic heterocycles. The van der Waals surface area contributed by atoms with Crippen molar-refractivity contribution in [3.63, 3.8) is 0 Å². The predicted molar refractivity (Wildman–Crippen MR) is 230 cm³/mol. The Morgan fingerprint density at radius 2 is 1.79 bits per heavy atom. The summed E-state index contributed by atoms with van der Waals surface area (Å²) < 4.78 is 52.7. The van der Waals surface area contributed by atoms with Crippen LogP contribution < -0.4 is 29.6 Å². The zero-order valence-corrected chi connectivity index (χ0v) is 36.5. The molecule has 15 nitrogen and oxygen atoms in total. The number of rotatable bonds is 10. The number of aryl methyl sites for hydroxylation is 1. The van der Waals surface area contributed by atoms with Crippen LogP contribution in [0.25, 0.3) is 10.9 Å². The second kappa shape index (κ2) is 17.4. The fourth-order valence-electron chi connectivity index (χ4n) is 9.25. The highest BCUT2D eigenvalue weighted by atomic mass is 32.2. The van der Waals surface area contributed by atoms with Gasteiger partial charge in [0, 0.05) is 29.9 Å². The zero-order valence-electron chi connectivity index (χ0n) is 35.7. The van der Waals surface area contributed by atoms with Crippen molar-refractivity contribution in [2.45, 2.75) is 120 Å². The van der Waals surface area contributed by atoms with Crippen LogP contribution in [0.15, 0.2) is 61.2 Å². The lowest BCUT2D eigenvalue weighted by atomic mass is 9.83. The third kappa shape index (κ3) is 9.35. The predicted octanol–water partition coefficient (Wildman–Crippen LogP) is 6.09. The molecular formula is C46H57N5O10S.